The highest BCUT2D eigenvalue weighted by Gasteiger charge is 2.20. The summed E-state index contributed by atoms with van der Waals surface area (Å²) in [5, 5.41) is 3.66. The highest BCUT2D eigenvalue weighted by Crippen LogP contribution is 2.21. The van der Waals surface area contributed by atoms with Crippen LogP contribution >= 0.6 is 11.5 Å². The van der Waals surface area contributed by atoms with E-state index in [4.69, 9.17) is 5.73 Å². The Morgan fingerprint density at radius 2 is 2.18 bits per heavy atom. The third-order valence-electron chi connectivity index (χ3n) is 1.84. The molecule has 1 aromatic carbocycles. The van der Waals surface area contributed by atoms with Crippen molar-refractivity contribution in [3.05, 3.63) is 30.2 Å². The molecule has 0 radical (unpaired) electrons. The molecule has 3 N–H and O–H groups in total. The second-order valence-corrected chi connectivity index (χ2v) is 5.51. The van der Waals surface area contributed by atoms with Gasteiger partial charge >= 0.3 is 0 Å². The van der Waals surface area contributed by atoms with Gasteiger partial charge in [0.25, 0.3) is 10.0 Å². The summed E-state index contributed by atoms with van der Waals surface area (Å²) >= 11 is 0.849. The zero-order chi connectivity index (χ0) is 12.5. The van der Waals surface area contributed by atoms with E-state index in [-0.39, 0.29) is 10.7 Å². The summed E-state index contributed by atoms with van der Waals surface area (Å²) in [4.78, 5) is -0.508. The molecule has 9 heteroatoms. The van der Waals surface area contributed by atoms with Crippen LogP contribution < -0.4 is 10.5 Å². The molecule has 17 heavy (non-hydrogen) atoms. The maximum absolute atomic E-state index is 13.4. The van der Waals surface area contributed by atoms with Gasteiger partial charge in [-0.3, -0.25) is 4.72 Å². The Hall–Kier alpha value is -1.74. The summed E-state index contributed by atoms with van der Waals surface area (Å²) in [6.45, 7) is 0. The van der Waals surface area contributed by atoms with Crippen molar-refractivity contribution in [2.45, 2.75) is 4.90 Å². The van der Waals surface area contributed by atoms with E-state index >= 15 is 0 Å². The molecule has 0 amide bonds. The van der Waals surface area contributed by atoms with Crippen molar-refractivity contribution in [1.29, 1.82) is 0 Å². The molecule has 90 valence electrons. The molecule has 0 fully saturated rings. The number of nitrogens with one attached hydrogen (secondary N) is 1. The van der Waals surface area contributed by atoms with Crippen molar-refractivity contribution in [2.75, 3.05) is 10.5 Å². The molecule has 1 aromatic heterocycles. The smallest absolute Gasteiger partial charge is 0.265 e. The van der Waals surface area contributed by atoms with Gasteiger partial charge in [0.15, 0.2) is 0 Å². The fourth-order valence-corrected chi connectivity index (χ4v) is 2.92. The monoisotopic (exact) mass is 274 g/mol. The number of rotatable bonds is 3. The minimum absolute atomic E-state index is 0.161. The highest BCUT2D eigenvalue weighted by atomic mass is 32.2. The van der Waals surface area contributed by atoms with Crippen molar-refractivity contribution in [3.8, 4) is 0 Å². The molecule has 0 bridgehead atoms. The number of nitrogens with zero attached hydrogens (tertiary/aromatic N) is 2. The Bertz CT molecular complexity index is 627. The molecule has 0 saturated carbocycles. The fraction of sp³-hybridized carbons (Fsp3) is 0. The zero-order valence-electron chi connectivity index (χ0n) is 8.29. The Kier molecular flexibility index (Phi) is 2.94. The zero-order valence-corrected chi connectivity index (χ0v) is 9.93. The first-order valence-electron chi connectivity index (χ1n) is 4.34. The van der Waals surface area contributed by atoms with Gasteiger partial charge in [-0.05, 0) is 18.2 Å². The predicted octanol–water partition coefficient (Wildman–Crippen LogP) is 1.06. The van der Waals surface area contributed by atoms with E-state index in [9.17, 15) is 12.8 Å². The van der Waals surface area contributed by atoms with Gasteiger partial charge in [-0.15, -0.1) is 5.10 Å². The van der Waals surface area contributed by atoms with Crippen LogP contribution in [0.25, 0.3) is 0 Å². The first kappa shape index (κ1) is 11.7. The van der Waals surface area contributed by atoms with Gasteiger partial charge < -0.3 is 5.73 Å². The number of nitrogen functional groups attached to an aromatic ring is 1. The molecule has 0 atom stereocenters. The van der Waals surface area contributed by atoms with Crippen LogP contribution in [0.4, 0.5) is 15.1 Å². The van der Waals surface area contributed by atoms with E-state index in [0.717, 1.165) is 23.7 Å². The van der Waals surface area contributed by atoms with E-state index in [1.54, 1.807) is 0 Å². The first-order valence-corrected chi connectivity index (χ1v) is 6.60. The lowest BCUT2D eigenvalue weighted by atomic mass is 10.3. The van der Waals surface area contributed by atoms with Crippen molar-refractivity contribution in [2.24, 2.45) is 0 Å². The maximum atomic E-state index is 13.4. The summed E-state index contributed by atoms with van der Waals surface area (Å²) in [6, 6.07) is 3.32. The topological polar surface area (TPSA) is 98.0 Å². The minimum atomic E-state index is -4.01. The largest absolute Gasteiger partial charge is 0.399 e. The molecule has 0 aliphatic carbocycles. The van der Waals surface area contributed by atoms with Gasteiger partial charge in [-0.25, -0.2) is 12.8 Å². The van der Waals surface area contributed by atoms with E-state index < -0.39 is 20.7 Å². The van der Waals surface area contributed by atoms with Gasteiger partial charge in [0.2, 0.25) is 0 Å². The number of anilines is 2. The molecule has 2 rings (SSSR count). The standard InChI is InChI=1S/C8H7FN4O2S2/c9-6-2-1-5(10)3-7(6)17(14,15)12-8-4-11-13-16-8/h1-4,12H,10H2. The van der Waals surface area contributed by atoms with Crippen LogP contribution in [-0.4, -0.2) is 18.0 Å². The minimum Gasteiger partial charge on any atom is -0.399 e. The van der Waals surface area contributed by atoms with Crippen LogP contribution in [0.3, 0.4) is 0 Å². The lowest BCUT2D eigenvalue weighted by Gasteiger charge is -2.06. The summed E-state index contributed by atoms with van der Waals surface area (Å²) in [5.74, 6) is -0.871. The number of nitrogens with two attached hydrogens (primary N) is 1. The Labute approximate surface area is 100 Å². The molecule has 0 saturated heterocycles. The van der Waals surface area contributed by atoms with Crippen molar-refractivity contribution >= 4 is 32.2 Å². The predicted molar refractivity (Wildman–Crippen MR) is 61.5 cm³/mol. The SMILES string of the molecule is Nc1ccc(F)c(S(=O)(=O)Nc2cnns2)c1. The third kappa shape index (κ3) is 2.50. The summed E-state index contributed by atoms with van der Waals surface area (Å²) in [6.07, 6.45) is 1.23. The number of hydrogen-bond acceptors (Lipinski definition) is 6. The number of halogens is 1. The third-order valence-corrected chi connectivity index (χ3v) is 3.93. The van der Waals surface area contributed by atoms with E-state index in [1.807, 2.05) is 0 Å². The Balaban J connectivity index is 2.41. The molecule has 0 spiro atoms. The maximum Gasteiger partial charge on any atom is 0.265 e. The number of hydrogen-bond donors (Lipinski definition) is 2. The van der Waals surface area contributed by atoms with Crippen LogP contribution in [0.1, 0.15) is 0 Å². The van der Waals surface area contributed by atoms with Gasteiger partial charge in [0, 0.05) is 17.2 Å². The van der Waals surface area contributed by atoms with Crippen molar-refractivity contribution < 1.29 is 12.8 Å². The molecule has 1 heterocycles. The molecular weight excluding hydrogens is 267 g/mol. The lowest BCUT2D eigenvalue weighted by molar-refractivity contribution is 0.570. The van der Waals surface area contributed by atoms with Crippen LogP contribution in [0.2, 0.25) is 0 Å². The second-order valence-electron chi connectivity index (χ2n) is 3.08. The van der Waals surface area contributed by atoms with Crippen LogP contribution in [0.15, 0.2) is 29.3 Å². The lowest BCUT2D eigenvalue weighted by Crippen LogP contribution is -2.14. The number of aromatic nitrogens is 2. The fourth-order valence-electron chi connectivity index (χ4n) is 1.13. The molecule has 0 unspecified atom stereocenters. The average molecular weight is 274 g/mol. The van der Waals surface area contributed by atoms with Gasteiger partial charge in [-0.2, -0.15) is 0 Å². The van der Waals surface area contributed by atoms with Gasteiger partial charge in [0.1, 0.15) is 15.7 Å². The molecular formula is C8H7FN4O2S2. The molecule has 2 aromatic rings. The Morgan fingerprint density at radius 1 is 1.41 bits per heavy atom. The van der Waals surface area contributed by atoms with E-state index in [0.29, 0.717) is 0 Å². The quantitative estimate of drug-likeness (QED) is 0.815. The van der Waals surface area contributed by atoms with Gasteiger partial charge in [-0.1, -0.05) is 4.49 Å². The van der Waals surface area contributed by atoms with E-state index in [2.05, 4.69) is 14.3 Å². The second kappa shape index (κ2) is 4.26. The average Bonchev–Trinajstić information content (AvgIpc) is 2.73. The van der Waals surface area contributed by atoms with Crippen molar-refractivity contribution in [3.63, 3.8) is 0 Å². The summed E-state index contributed by atoms with van der Waals surface area (Å²) in [5.41, 5.74) is 5.58. The summed E-state index contributed by atoms with van der Waals surface area (Å²) in [7, 11) is -4.01. The summed E-state index contributed by atoms with van der Waals surface area (Å²) < 4.78 is 42.7. The van der Waals surface area contributed by atoms with Crippen molar-refractivity contribution in [1.82, 2.24) is 9.59 Å². The van der Waals surface area contributed by atoms with E-state index in [1.165, 1.54) is 12.3 Å². The number of sulfonamides is 1. The molecule has 0 aliphatic heterocycles. The van der Waals surface area contributed by atoms with Crippen LogP contribution in [0, 0.1) is 5.82 Å². The number of benzene rings is 1. The normalized spacial score (nSPS) is 11.4. The molecule has 0 aliphatic rings. The molecule has 6 nitrogen and oxygen atoms in total. The van der Waals surface area contributed by atoms with Gasteiger partial charge in [0.05, 0.1) is 6.20 Å². The highest BCUT2D eigenvalue weighted by molar-refractivity contribution is 7.93. The van der Waals surface area contributed by atoms with Crippen LogP contribution in [-0.2, 0) is 10.0 Å². The van der Waals surface area contributed by atoms with Crippen LogP contribution in [0.5, 0.6) is 0 Å². The Morgan fingerprint density at radius 3 is 2.82 bits per heavy atom. The first-order chi connectivity index (χ1) is 7.99.